The molecule has 40 heavy (non-hydrogen) atoms. The highest BCUT2D eigenvalue weighted by molar-refractivity contribution is 5.85. The fourth-order valence-electron chi connectivity index (χ4n) is 5.19. The van der Waals surface area contributed by atoms with Gasteiger partial charge in [-0.25, -0.2) is 4.79 Å². The van der Waals surface area contributed by atoms with Gasteiger partial charge in [-0.05, 0) is 11.1 Å². The molecule has 2 aromatic rings. The second kappa shape index (κ2) is 14.5. The third kappa shape index (κ3) is 8.09. The molecule has 0 radical (unpaired) electrons. The summed E-state index contributed by atoms with van der Waals surface area (Å²) in [6.45, 7) is 0.829. The first-order chi connectivity index (χ1) is 19.1. The third-order valence-corrected chi connectivity index (χ3v) is 7.08. The van der Waals surface area contributed by atoms with Crippen molar-refractivity contribution in [3.63, 3.8) is 0 Å². The van der Waals surface area contributed by atoms with Gasteiger partial charge >= 0.3 is 23.9 Å². The summed E-state index contributed by atoms with van der Waals surface area (Å²) in [4.78, 5) is 54.9. The number of carboxylic acids is 4. The highest BCUT2D eigenvalue weighted by atomic mass is 16.4. The summed E-state index contributed by atoms with van der Waals surface area (Å²) < 4.78 is 0. The minimum atomic E-state index is -1.63. The van der Waals surface area contributed by atoms with Gasteiger partial charge in [0.1, 0.15) is 0 Å². The maximum Gasteiger partial charge on any atom is 0.333 e. The Labute approximate surface area is 232 Å². The maximum absolute atomic E-state index is 13.3. The molecule has 1 heterocycles. The topological polar surface area (TPSA) is 162 Å². The predicted octanol–water partition coefficient (Wildman–Crippen LogP) is 0.490. The highest BCUT2D eigenvalue weighted by Crippen LogP contribution is 2.36. The van der Waals surface area contributed by atoms with Crippen molar-refractivity contribution in [1.82, 2.24) is 19.6 Å². The van der Waals surface area contributed by atoms with E-state index in [9.17, 15) is 39.6 Å². The Morgan fingerprint density at radius 1 is 0.525 bits per heavy atom. The first-order valence-corrected chi connectivity index (χ1v) is 13.0. The Morgan fingerprint density at radius 2 is 0.825 bits per heavy atom. The zero-order chi connectivity index (χ0) is 29.1. The summed E-state index contributed by atoms with van der Waals surface area (Å²) in [6.07, 6.45) is 0. The smallest absolute Gasteiger partial charge is 0.333 e. The number of rotatable bonds is 10. The molecule has 4 N–H and O–H groups in total. The van der Waals surface area contributed by atoms with Crippen molar-refractivity contribution >= 4 is 23.9 Å². The third-order valence-electron chi connectivity index (χ3n) is 7.08. The van der Waals surface area contributed by atoms with E-state index in [1.165, 1.54) is 0 Å². The van der Waals surface area contributed by atoms with E-state index in [-0.39, 0.29) is 72.0 Å². The van der Waals surface area contributed by atoms with Gasteiger partial charge in [-0.1, -0.05) is 60.7 Å². The standard InChI is InChI=1S/C28H36N4O8/c33-24(34)19-29-11-13-30(20-25(35)36)15-17-32(18-16-31(14-12-29)21-26(37)38)28(27(39)40,22-7-3-1-4-8-22)23-9-5-2-6-10-23/h1-10H,11-21H2,(H,33,34)(H,35,36)(H,37,38)(H,39,40). The van der Waals surface area contributed by atoms with Crippen LogP contribution in [-0.4, -0.2) is 136 Å². The number of carbonyl (C=O) groups is 4. The van der Waals surface area contributed by atoms with Gasteiger partial charge in [0.2, 0.25) is 0 Å². The van der Waals surface area contributed by atoms with E-state index in [1.807, 2.05) is 0 Å². The molecule has 3 rings (SSSR count). The van der Waals surface area contributed by atoms with Crippen molar-refractivity contribution in [3.05, 3.63) is 71.8 Å². The summed E-state index contributed by atoms with van der Waals surface area (Å²) >= 11 is 0. The van der Waals surface area contributed by atoms with Gasteiger partial charge in [-0.2, -0.15) is 0 Å². The van der Waals surface area contributed by atoms with Crippen LogP contribution in [0.4, 0.5) is 0 Å². The van der Waals surface area contributed by atoms with Gasteiger partial charge in [0.15, 0.2) is 5.54 Å². The average molecular weight is 557 g/mol. The van der Waals surface area contributed by atoms with Crippen LogP contribution in [0.5, 0.6) is 0 Å². The molecule has 0 aromatic heterocycles. The lowest BCUT2D eigenvalue weighted by atomic mass is 9.80. The van der Waals surface area contributed by atoms with Gasteiger partial charge in [0.25, 0.3) is 0 Å². The van der Waals surface area contributed by atoms with E-state index in [0.29, 0.717) is 11.1 Å². The molecule has 1 saturated heterocycles. The summed E-state index contributed by atoms with van der Waals surface area (Å²) in [5.41, 5.74) is -0.600. The number of carboxylic acid groups (broad SMARTS) is 4. The van der Waals surface area contributed by atoms with Gasteiger partial charge in [-0.15, -0.1) is 0 Å². The Balaban J connectivity index is 2.08. The lowest BCUT2D eigenvalue weighted by Gasteiger charge is -2.43. The van der Waals surface area contributed by atoms with E-state index in [0.717, 1.165) is 0 Å². The molecule has 0 amide bonds. The first-order valence-electron chi connectivity index (χ1n) is 13.0. The predicted molar refractivity (Wildman–Crippen MR) is 145 cm³/mol. The lowest BCUT2D eigenvalue weighted by molar-refractivity contribution is -0.150. The molecular weight excluding hydrogens is 520 g/mol. The molecular formula is C28H36N4O8. The van der Waals surface area contributed by atoms with Crippen molar-refractivity contribution in [2.75, 3.05) is 72.0 Å². The number of aliphatic carboxylic acids is 4. The molecule has 0 bridgehead atoms. The van der Waals surface area contributed by atoms with Crippen LogP contribution in [0.25, 0.3) is 0 Å². The Hall–Kier alpha value is -3.84. The van der Waals surface area contributed by atoms with E-state index in [4.69, 9.17) is 0 Å². The Kier molecular flexibility index (Phi) is 11.1. The van der Waals surface area contributed by atoms with E-state index < -0.39 is 29.4 Å². The van der Waals surface area contributed by atoms with Crippen molar-refractivity contribution in [2.24, 2.45) is 0 Å². The van der Waals surface area contributed by atoms with Crippen LogP contribution in [0.15, 0.2) is 60.7 Å². The normalized spacial score (nSPS) is 17.4. The summed E-state index contributed by atoms with van der Waals surface area (Å²) in [7, 11) is 0. The lowest BCUT2D eigenvalue weighted by Crippen LogP contribution is -2.57. The fraction of sp³-hybridized carbons (Fsp3) is 0.429. The van der Waals surface area contributed by atoms with Crippen LogP contribution in [0.2, 0.25) is 0 Å². The molecule has 12 nitrogen and oxygen atoms in total. The maximum atomic E-state index is 13.3. The van der Waals surface area contributed by atoms with Crippen LogP contribution in [0.3, 0.4) is 0 Å². The van der Waals surface area contributed by atoms with Crippen LogP contribution in [0.1, 0.15) is 11.1 Å². The van der Waals surface area contributed by atoms with Gasteiger partial charge < -0.3 is 20.4 Å². The molecule has 2 aromatic carbocycles. The number of nitrogens with zero attached hydrogens (tertiary/aromatic N) is 4. The van der Waals surface area contributed by atoms with Crippen molar-refractivity contribution in [3.8, 4) is 0 Å². The Morgan fingerprint density at radius 3 is 1.10 bits per heavy atom. The summed E-state index contributed by atoms with van der Waals surface area (Å²) in [5, 5.41) is 39.3. The minimum Gasteiger partial charge on any atom is -0.480 e. The fourth-order valence-corrected chi connectivity index (χ4v) is 5.19. The second-order valence-corrected chi connectivity index (χ2v) is 9.74. The monoisotopic (exact) mass is 556 g/mol. The van der Waals surface area contributed by atoms with E-state index in [1.54, 1.807) is 80.3 Å². The van der Waals surface area contributed by atoms with Crippen molar-refractivity contribution < 1.29 is 39.6 Å². The van der Waals surface area contributed by atoms with Crippen LogP contribution >= 0.6 is 0 Å². The van der Waals surface area contributed by atoms with E-state index in [2.05, 4.69) is 0 Å². The van der Waals surface area contributed by atoms with Gasteiger partial charge in [-0.3, -0.25) is 34.0 Å². The largest absolute Gasteiger partial charge is 0.480 e. The molecule has 0 spiro atoms. The summed E-state index contributed by atoms with van der Waals surface area (Å²) in [6, 6.07) is 17.6. The van der Waals surface area contributed by atoms with E-state index >= 15 is 0 Å². The van der Waals surface area contributed by atoms with Crippen LogP contribution in [0, 0.1) is 0 Å². The molecule has 1 aliphatic rings. The summed E-state index contributed by atoms with van der Waals surface area (Å²) in [5.74, 6) is -4.25. The zero-order valence-electron chi connectivity index (χ0n) is 22.3. The number of benzene rings is 2. The van der Waals surface area contributed by atoms with Crippen molar-refractivity contribution in [2.45, 2.75) is 5.54 Å². The second-order valence-electron chi connectivity index (χ2n) is 9.74. The molecule has 1 aliphatic heterocycles. The zero-order valence-corrected chi connectivity index (χ0v) is 22.3. The van der Waals surface area contributed by atoms with Gasteiger partial charge in [0.05, 0.1) is 19.6 Å². The van der Waals surface area contributed by atoms with Crippen LogP contribution < -0.4 is 0 Å². The molecule has 1 fully saturated rings. The first kappa shape index (κ1) is 30.7. The molecule has 0 unspecified atom stereocenters. The molecule has 0 aliphatic carbocycles. The van der Waals surface area contributed by atoms with Gasteiger partial charge in [0, 0.05) is 52.4 Å². The SMILES string of the molecule is O=C(O)CN1CCN(CC(=O)O)CCN(C(C(=O)O)(c2ccccc2)c2ccccc2)CCN(CC(=O)O)CC1. The molecule has 12 heteroatoms. The van der Waals surface area contributed by atoms with Crippen LogP contribution in [-0.2, 0) is 24.7 Å². The molecule has 216 valence electrons. The minimum absolute atomic E-state index is 0.156. The quantitative estimate of drug-likeness (QED) is 0.321. The Bertz CT molecular complexity index is 1080. The highest BCUT2D eigenvalue weighted by Gasteiger charge is 2.47. The molecule has 0 saturated carbocycles. The molecule has 0 atom stereocenters. The average Bonchev–Trinajstić information content (AvgIpc) is 2.90. The number of hydrogen-bond donors (Lipinski definition) is 4. The number of hydrogen-bond acceptors (Lipinski definition) is 8. The van der Waals surface area contributed by atoms with Crippen molar-refractivity contribution in [1.29, 1.82) is 0 Å².